The summed E-state index contributed by atoms with van der Waals surface area (Å²) in [6.07, 6.45) is -4.51. The summed E-state index contributed by atoms with van der Waals surface area (Å²) in [6.45, 7) is 1.24. The van der Waals surface area contributed by atoms with Gasteiger partial charge in [-0.3, -0.25) is 0 Å². The van der Waals surface area contributed by atoms with E-state index in [9.17, 15) is 13.2 Å². The second-order valence-corrected chi connectivity index (χ2v) is 2.64. The average Bonchev–Trinajstić information content (AvgIpc) is 1.99. The van der Waals surface area contributed by atoms with E-state index >= 15 is 0 Å². The van der Waals surface area contributed by atoms with Crippen LogP contribution in [0.2, 0.25) is 0 Å². The highest BCUT2D eigenvalue weighted by Gasteiger charge is 2.36. The number of aryl methyl sites for hydroxylation is 1. The molecule has 0 bridgehead atoms. The van der Waals surface area contributed by atoms with E-state index in [0.29, 0.717) is 0 Å². The SMILES string of the molecule is CNc1nc(C)c(C(F)(F)F)c(N)n1. The van der Waals surface area contributed by atoms with E-state index in [1.165, 1.54) is 14.0 Å². The number of nitrogen functional groups attached to an aromatic ring is 1. The minimum absolute atomic E-state index is 0.0769. The number of hydrogen-bond acceptors (Lipinski definition) is 4. The molecule has 0 radical (unpaired) electrons. The summed E-state index contributed by atoms with van der Waals surface area (Å²) in [7, 11) is 1.50. The van der Waals surface area contributed by atoms with Gasteiger partial charge >= 0.3 is 6.18 Å². The predicted molar refractivity (Wildman–Crippen MR) is 45.7 cm³/mol. The van der Waals surface area contributed by atoms with Gasteiger partial charge in [0, 0.05) is 7.05 Å². The van der Waals surface area contributed by atoms with E-state index in [4.69, 9.17) is 5.73 Å². The molecule has 0 atom stereocenters. The number of anilines is 2. The summed E-state index contributed by atoms with van der Waals surface area (Å²) < 4.78 is 37.1. The Labute approximate surface area is 78.4 Å². The highest BCUT2D eigenvalue weighted by molar-refractivity contribution is 5.48. The minimum atomic E-state index is -4.51. The Hall–Kier alpha value is -1.53. The first-order chi connectivity index (χ1) is 6.36. The highest BCUT2D eigenvalue weighted by Crippen LogP contribution is 2.34. The number of nitrogens with two attached hydrogens (primary N) is 1. The van der Waals surface area contributed by atoms with Crippen LogP contribution in [0.4, 0.5) is 24.9 Å². The van der Waals surface area contributed by atoms with Crippen molar-refractivity contribution in [3.63, 3.8) is 0 Å². The Kier molecular flexibility index (Phi) is 2.50. The molecule has 7 heteroatoms. The Balaban J connectivity index is 3.33. The summed E-state index contributed by atoms with van der Waals surface area (Å²) in [5.41, 5.74) is 4.01. The van der Waals surface area contributed by atoms with Crippen LogP contribution in [0.1, 0.15) is 11.3 Å². The molecule has 1 aromatic rings. The fourth-order valence-corrected chi connectivity index (χ4v) is 1.06. The molecule has 0 aliphatic heterocycles. The first-order valence-electron chi connectivity index (χ1n) is 3.75. The van der Waals surface area contributed by atoms with Crippen LogP contribution in [-0.2, 0) is 6.18 Å². The lowest BCUT2D eigenvalue weighted by atomic mass is 10.2. The molecule has 0 aromatic carbocycles. The third-order valence-electron chi connectivity index (χ3n) is 1.62. The minimum Gasteiger partial charge on any atom is -0.383 e. The Morgan fingerprint density at radius 2 is 1.86 bits per heavy atom. The van der Waals surface area contributed by atoms with Crippen molar-refractivity contribution in [3.8, 4) is 0 Å². The largest absolute Gasteiger partial charge is 0.421 e. The van der Waals surface area contributed by atoms with Gasteiger partial charge in [-0.05, 0) is 6.92 Å². The van der Waals surface area contributed by atoms with Gasteiger partial charge in [-0.15, -0.1) is 0 Å². The molecule has 0 saturated carbocycles. The van der Waals surface area contributed by atoms with Crippen LogP contribution in [0.25, 0.3) is 0 Å². The summed E-state index contributed by atoms with van der Waals surface area (Å²) in [6, 6.07) is 0. The summed E-state index contributed by atoms with van der Waals surface area (Å²) in [4.78, 5) is 7.05. The maximum atomic E-state index is 12.4. The number of hydrogen-bond donors (Lipinski definition) is 2. The van der Waals surface area contributed by atoms with Crippen LogP contribution in [0.5, 0.6) is 0 Å². The third-order valence-corrected chi connectivity index (χ3v) is 1.62. The second-order valence-electron chi connectivity index (χ2n) is 2.64. The van der Waals surface area contributed by atoms with E-state index in [0.717, 1.165) is 0 Å². The van der Waals surface area contributed by atoms with Crippen molar-refractivity contribution >= 4 is 11.8 Å². The summed E-state index contributed by atoms with van der Waals surface area (Å²) in [5, 5.41) is 2.52. The number of nitrogens with one attached hydrogen (secondary N) is 1. The van der Waals surface area contributed by atoms with Crippen LogP contribution in [-0.4, -0.2) is 17.0 Å². The fraction of sp³-hybridized carbons (Fsp3) is 0.429. The van der Waals surface area contributed by atoms with Crippen LogP contribution in [0, 0.1) is 6.92 Å². The van der Waals surface area contributed by atoms with E-state index in [-0.39, 0.29) is 11.6 Å². The van der Waals surface area contributed by atoms with Crippen molar-refractivity contribution in [2.75, 3.05) is 18.1 Å². The number of rotatable bonds is 1. The molecule has 3 N–H and O–H groups in total. The molecule has 0 spiro atoms. The molecule has 1 heterocycles. The molecule has 0 saturated heterocycles. The van der Waals surface area contributed by atoms with Gasteiger partial charge in [0.1, 0.15) is 11.4 Å². The van der Waals surface area contributed by atoms with Gasteiger partial charge < -0.3 is 11.1 Å². The Bertz CT molecular complexity index is 324. The zero-order valence-electron chi connectivity index (χ0n) is 7.61. The van der Waals surface area contributed by atoms with Gasteiger partial charge in [0.2, 0.25) is 5.95 Å². The lowest BCUT2D eigenvalue weighted by molar-refractivity contribution is -0.137. The summed E-state index contributed by atoms with van der Waals surface area (Å²) in [5.74, 6) is -0.484. The van der Waals surface area contributed by atoms with Crippen molar-refractivity contribution in [1.82, 2.24) is 9.97 Å². The van der Waals surface area contributed by atoms with E-state index in [1.54, 1.807) is 0 Å². The number of alkyl halides is 3. The van der Waals surface area contributed by atoms with Gasteiger partial charge in [0.15, 0.2) is 0 Å². The van der Waals surface area contributed by atoms with E-state index in [1.807, 2.05) is 0 Å². The monoisotopic (exact) mass is 206 g/mol. The summed E-state index contributed by atoms with van der Waals surface area (Å²) >= 11 is 0. The zero-order chi connectivity index (χ0) is 10.9. The van der Waals surface area contributed by atoms with Gasteiger partial charge in [-0.1, -0.05) is 0 Å². The van der Waals surface area contributed by atoms with Crippen molar-refractivity contribution in [1.29, 1.82) is 0 Å². The molecule has 4 nitrogen and oxygen atoms in total. The van der Waals surface area contributed by atoms with Gasteiger partial charge in [-0.25, -0.2) is 4.98 Å². The lowest BCUT2D eigenvalue weighted by Crippen LogP contribution is -2.15. The smallest absolute Gasteiger partial charge is 0.383 e. The van der Waals surface area contributed by atoms with E-state index in [2.05, 4.69) is 15.3 Å². The molecule has 0 amide bonds. The molecule has 0 unspecified atom stereocenters. The first kappa shape index (κ1) is 10.6. The van der Waals surface area contributed by atoms with Crippen molar-refractivity contribution in [2.24, 2.45) is 0 Å². The Morgan fingerprint density at radius 1 is 1.29 bits per heavy atom. The molecule has 14 heavy (non-hydrogen) atoms. The van der Waals surface area contributed by atoms with Crippen LogP contribution in [0.15, 0.2) is 0 Å². The Morgan fingerprint density at radius 3 is 2.21 bits per heavy atom. The number of halogens is 3. The molecule has 78 valence electrons. The van der Waals surface area contributed by atoms with Gasteiger partial charge in [-0.2, -0.15) is 18.2 Å². The van der Waals surface area contributed by atoms with Crippen molar-refractivity contribution < 1.29 is 13.2 Å². The first-order valence-corrected chi connectivity index (χ1v) is 3.75. The quantitative estimate of drug-likeness (QED) is 0.729. The predicted octanol–water partition coefficient (Wildman–Crippen LogP) is 1.43. The van der Waals surface area contributed by atoms with Crippen molar-refractivity contribution in [2.45, 2.75) is 13.1 Å². The van der Waals surface area contributed by atoms with Crippen LogP contribution in [0.3, 0.4) is 0 Å². The van der Waals surface area contributed by atoms with Crippen LogP contribution >= 0.6 is 0 Å². The van der Waals surface area contributed by atoms with Gasteiger partial charge in [0.25, 0.3) is 0 Å². The van der Waals surface area contributed by atoms with E-state index < -0.39 is 17.6 Å². The molecule has 0 aliphatic carbocycles. The van der Waals surface area contributed by atoms with Crippen molar-refractivity contribution in [3.05, 3.63) is 11.3 Å². The molecule has 0 fully saturated rings. The van der Waals surface area contributed by atoms with Crippen LogP contribution < -0.4 is 11.1 Å². The molecular formula is C7H9F3N4. The second kappa shape index (κ2) is 3.32. The number of aromatic nitrogens is 2. The maximum absolute atomic E-state index is 12.4. The topological polar surface area (TPSA) is 63.8 Å². The molecular weight excluding hydrogens is 197 g/mol. The molecule has 1 aromatic heterocycles. The highest BCUT2D eigenvalue weighted by atomic mass is 19.4. The average molecular weight is 206 g/mol. The number of nitrogens with zero attached hydrogens (tertiary/aromatic N) is 2. The normalized spacial score (nSPS) is 11.5. The lowest BCUT2D eigenvalue weighted by Gasteiger charge is -2.12. The van der Waals surface area contributed by atoms with Gasteiger partial charge in [0.05, 0.1) is 5.69 Å². The fourth-order valence-electron chi connectivity index (χ4n) is 1.06. The standard InChI is InChI=1S/C7H9F3N4/c1-3-4(7(8,9)10)5(11)14-6(12-2)13-3/h1-2H3,(H3,11,12,13,14). The molecule has 1 rings (SSSR count). The maximum Gasteiger partial charge on any atom is 0.421 e. The third kappa shape index (κ3) is 1.86. The molecule has 0 aliphatic rings. The zero-order valence-corrected chi connectivity index (χ0v) is 7.61.